The third-order valence-corrected chi connectivity index (χ3v) is 6.05. The highest BCUT2D eigenvalue weighted by Gasteiger charge is 2.53. The molecule has 0 unspecified atom stereocenters. The first-order valence-corrected chi connectivity index (χ1v) is 10.3. The highest BCUT2D eigenvalue weighted by molar-refractivity contribution is 5.56. The second-order valence-electron chi connectivity index (χ2n) is 8.10. The molecule has 4 rings (SSSR count). The Morgan fingerprint density at radius 3 is 2.59 bits per heavy atom. The lowest BCUT2D eigenvalue weighted by Crippen LogP contribution is -2.65. The number of ether oxygens (including phenoxy) is 2. The number of alkyl halides is 3. The number of aliphatic hydroxyl groups is 1. The van der Waals surface area contributed by atoms with Crippen LogP contribution in [0.25, 0.3) is 0 Å². The van der Waals surface area contributed by atoms with Gasteiger partial charge in [0.15, 0.2) is 5.72 Å². The van der Waals surface area contributed by atoms with E-state index in [1.54, 1.807) is 17.0 Å². The minimum atomic E-state index is -4.59. The Morgan fingerprint density at radius 2 is 1.91 bits per heavy atom. The molecule has 0 aliphatic carbocycles. The molecule has 2 aromatic carbocycles. The van der Waals surface area contributed by atoms with Crippen molar-refractivity contribution in [3.05, 3.63) is 71.0 Å². The fraction of sp³-hybridized carbons (Fsp3) is 0.435. The molecule has 0 aromatic heterocycles. The maximum absolute atomic E-state index is 13.6. The number of benzene rings is 2. The highest BCUT2D eigenvalue weighted by atomic mass is 19.4. The van der Waals surface area contributed by atoms with Crippen LogP contribution in [-0.2, 0) is 20.7 Å². The molecule has 1 fully saturated rings. The lowest BCUT2D eigenvalue weighted by molar-refractivity contribution is -0.282. The van der Waals surface area contributed by atoms with Gasteiger partial charge in [-0.25, -0.2) is 4.39 Å². The van der Waals surface area contributed by atoms with Crippen molar-refractivity contribution in [3.8, 4) is 0 Å². The van der Waals surface area contributed by atoms with Gasteiger partial charge in [0.1, 0.15) is 30.9 Å². The van der Waals surface area contributed by atoms with Gasteiger partial charge in [0.25, 0.3) is 0 Å². The topological polar surface area (TPSA) is 59.0 Å². The number of aldehydes is 1. The first-order valence-electron chi connectivity index (χ1n) is 10.3. The van der Waals surface area contributed by atoms with E-state index in [9.17, 15) is 27.5 Å². The van der Waals surface area contributed by atoms with Gasteiger partial charge in [0.05, 0.1) is 12.6 Å². The average Bonchev–Trinajstić information content (AvgIpc) is 2.77. The molecule has 2 heterocycles. The minimum absolute atomic E-state index is 0.251. The summed E-state index contributed by atoms with van der Waals surface area (Å²) in [5, 5.41) is 11.8. The van der Waals surface area contributed by atoms with E-state index in [2.05, 4.69) is 0 Å². The van der Waals surface area contributed by atoms with Crippen molar-refractivity contribution in [2.24, 2.45) is 0 Å². The van der Waals surface area contributed by atoms with Gasteiger partial charge in [-0.05, 0) is 35.2 Å². The Morgan fingerprint density at radius 1 is 1.19 bits per heavy atom. The van der Waals surface area contributed by atoms with Crippen molar-refractivity contribution in [3.63, 3.8) is 0 Å². The summed E-state index contributed by atoms with van der Waals surface area (Å²) in [5.74, 6) is -0.429. The number of hydrogen-bond donors (Lipinski definition) is 1. The van der Waals surface area contributed by atoms with Crippen molar-refractivity contribution in [2.75, 3.05) is 19.8 Å². The van der Waals surface area contributed by atoms with Gasteiger partial charge in [0.2, 0.25) is 0 Å². The summed E-state index contributed by atoms with van der Waals surface area (Å²) in [5.41, 5.74) is 0.619. The molecule has 0 radical (unpaired) electrons. The van der Waals surface area contributed by atoms with Gasteiger partial charge in [-0.1, -0.05) is 36.4 Å². The molecule has 4 atom stereocenters. The van der Waals surface area contributed by atoms with Crippen molar-refractivity contribution in [2.45, 2.75) is 43.0 Å². The summed E-state index contributed by atoms with van der Waals surface area (Å²) in [6.45, 7) is -1.63. The molecule has 0 saturated carbocycles. The summed E-state index contributed by atoms with van der Waals surface area (Å²) in [6, 6.07) is 12.7. The van der Waals surface area contributed by atoms with Crippen LogP contribution in [-0.4, -0.2) is 60.2 Å². The first kappa shape index (κ1) is 22.8. The van der Waals surface area contributed by atoms with Crippen molar-refractivity contribution in [1.82, 2.24) is 4.90 Å². The average molecular weight is 453 g/mol. The van der Waals surface area contributed by atoms with Crippen LogP contribution in [0.3, 0.4) is 0 Å². The SMILES string of the molecule is O=C[C@H]1C[C@@](O)(N2CCc3ccccc3[C@@H]2c2ccc(F)cc2)[C@@H](OCC(F)(F)F)CO1. The van der Waals surface area contributed by atoms with Crippen LogP contribution in [0.4, 0.5) is 17.6 Å². The number of rotatable bonds is 5. The zero-order valence-corrected chi connectivity index (χ0v) is 17.1. The van der Waals surface area contributed by atoms with Gasteiger partial charge in [-0.3, -0.25) is 4.90 Å². The highest BCUT2D eigenvalue weighted by Crippen LogP contribution is 2.43. The predicted molar refractivity (Wildman–Crippen MR) is 106 cm³/mol. The number of fused-ring (bicyclic) bond motifs is 1. The first-order chi connectivity index (χ1) is 15.2. The summed E-state index contributed by atoms with van der Waals surface area (Å²) in [4.78, 5) is 13.1. The zero-order valence-electron chi connectivity index (χ0n) is 17.1. The van der Waals surface area contributed by atoms with E-state index in [1.165, 1.54) is 12.1 Å². The molecule has 5 nitrogen and oxygen atoms in total. The Hall–Kier alpha value is -2.33. The van der Waals surface area contributed by atoms with Crippen LogP contribution in [0.15, 0.2) is 48.5 Å². The number of halogens is 4. The van der Waals surface area contributed by atoms with Gasteiger partial charge < -0.3 is 19.4 Å². The monoisotopic (exact) mass is 453 g/mol. The van der Waals surface area contributed by atoms with E-state index >= 15 is 0 Å². The quantitative estimate of drug-likeness (QED) is 0.556. The smallest absolute Gasteiger partial charge is 0.373 e. The maximum atomic E-state index is 13.6. The number of nitrogens with zero attached hydrogens (tertiary/aromatic N) is 1. The lowest BCUT2D eigenvalue weighted by atomic mass is 9.83. The summed E-state index contributed by atoms with van der Waals surface area (Å²) < 4.78 is 62.6. The molecular weight excluding hydrogens is 430 g/mol. The van der Waals surface area contributed by atoms with E-state index in [4.69, 9.17) is 9.47 Å². The zero-order chi connectivity index (χ0) is 22.9. The summed E-state index contributed by atoms with van der Waals surface area (Å²) in [7, 11) is 0. The molecular formula is C23H23F4NO4. The summed E-state index contributed by atoms with van der Waals surface area (Å²) >= 11 is 0. The third-order valence-electron chi connectivity index (χ3n) is 6.05. The molecule has 0 amide bonds. The molecule has 32 heavy (non-hydrogen) atoms. The van der Waals surface area contributed by atoms with Gasteiger partial charge in [-0.15, -0.1) is 0 Å². The van der Waals surface area contributed by atoms with Crippen LogP contribution in [0, 0.1) is 5.82 Å². The largest absolute Gasteiger partial charge is 0.411 e. The Kier molecular flexibility index (Phi) is 6.35. The van der Waals surface area contributed by atoms with E-state index < -0.39 is 42.6 Å². The van der Waals surface area contributed by atoms with Gasteiger partial charge in [0, 0.05) is 13.0 Å². The fourth-order valence-corrected chi connectivity index (χ4v) is 4.59. The van der Waals surface area contributed by atoms with Crippen molar-refractivity contribution < 1.29 is 36.9 Å². The Bertz CT molecular complexity index is 952. The molecule has 2 aliphatic heterocycles. The van der Waals surface area contributed by atoms with Gasteiger partial charge in [-0.2, -0.15) is 13.2 Å². The molecule has 172 valence electrons. The minimum Gasteiger partial charge on any atom is -0.373 e. The van der Waals surface area contributed by atoms with Crippen LogP contribution in [0.5, 0.6) is 0 Å². The van der Waals surface area contributed by atoms with Crippen LogP contribution >= 0.6 is 0 Å². The van der Waals surface area contributed by atoms with Crippen molar-refractivity contribution >= 4 is 6.29 Å². The van der Waals surface area contributed by atoms with E-state index in [1.807, 2.05) is 24.3 Å². The Labute approximate surface area is 182 Å². The van der Waals surface area contributed by atoms with Crippen LogP contribution in [0.1, 0.15) is 29.2 Å². The second kappa shape index (κ2) is 8.90. The molecule has 1 N–H and O–H groups in total. The fourth-order valence-electron chi connectivity index (χ4n) is 4.59. The molecule has 1 saturated heterocycles. The molecule has 9 heteroatoms. The van der Waals surface area contributed by atoms with E-state index in [0.29, 0.717) is 24.8 Å². The molecule has 2 aromatic rings. The standard InChI is InChI=1S/C23H23F4NO4/c24-17-7-5-16(6-8-17)21-19-4-2-1-3-15(19)9-10-28(21)22(30)11-18(12-29)31-13-20(22)32-14-23(25,26)27/h1-8,12,18,20-21,30H,9-11,13-14H2/t18-,20+,21+,22+/m1/s1. The lowest BCUT2D eigenvalue weighted by Gasteiger charge is -2.52. The van der Waals surface area contributed by atoms with Gasteiger partial charge >= 0.3 is 6.18 Å². The third kappa shape index (κ3) is 4.56. The normalized spacial score (nSPS) is 28.8. The van der Waals surface area contributed by atoms with Crippen LogP contribution < -0.4 is 0 Å². The summed E-state index contributed by atoms with van der Waals surface area (Å²) in [6.07, 6.45) is -6.11. The molecule has 2 aliphatic rings. The molecule has 0 bridgehead atoms. The number of carbonyl (C=O) groups excluding carboxylic acids is 1. The van der Waals surface area contributed by atoms with E-state index in [0.717, 1.165) is 11.1 Å². The number of carbonyl (C=O) groups is 1. The van der Waals surface area contributed by atoms with Crippen LogP contribution in [0.2, 0.25) is 0 Å². The predicted octanol–water partition coefficient (Wildman–Crippen LogP) is 3.40. The Balaban J connectivity index is 1.77. The number of hydrogen-bond acceptors (Lipinski definition) is 5. The molecule has 0 spiro atoms. The maximum Gasteiger partial charge on any atom is 0.411 e. The van der Waals surface area contributed by atoms with Crippen molar-refractivity contribution in [1.29, 1.82) is 0 Å². The van der Waals surface area contributed by atoms with E-state index in [-0.39, 0.29) is 13.0 Å². The second-order valence-corrected chi connectivity index (χ2v) is 8.10.